The second kappa shape index (κ2) is 8.78. The first-order valence-corrected chi connectivity index (χ1v) is 12.2. The van der Waals surface area contributed by atoms with Crippen molar-refractivity contribution < 1.29 is 9.53 Å². The van der Waals surface area contributed by atoms with Crippen molar-refractivity contribution in [2.45, 2.75) is 79.2 Å². The Morgan fingerprint density at radius 3 is 2.28 bits per heavy atom. The Kier molecular flexibility index (Phi) is 6.76. The molecule has 2 aliphatic heterocycles. The summed E-state index contributed by atoms with van der Waals surface area (Å²) in [6.45, 7) is 16.3. The number of hydrogen-bond acceptors (Lipinski definition) is 5. The highest BCUT2D eigenvalue weighted by molar-refractivity contribution is 7.10. The van der Waals surface area contributed by atoms with Gasteiger partial charge in [-0.25, -0.2) is 4.79 Å². The highest BCUT2D eigenvalue weighted by Gasteiger charge is 2.38. The average molecular weight is 435 g/mol. The molecule has 4 heterocycles. The van der Waals surface area contributed by atoms with Gasteiger partial charge in [-0.3, -0.25) is 4.90 Å². The van der Waals surface area contributed by atoms with E-state index in [1.807, 2.05) is 37.0 Å². The Morgan fingerprint density at radius 2 is 1.69 bits per heavy atom. The van der Waals surface area contributed by atoms with E-state index in [1.54, 1.807) is 16.2 Å². The topological polar surface area (TPSA) is 41.6 Å². The zero-order valence-electron chi connectivity index (χ0n) is 18.6. The molecule has 6 heteroatoms. The van der Waals surface area contributed by atoms with E-state index >= 15 is 0 Å². The Bertz CT molecular complexity index is 832. The van der Waals surface area contributed by atoms with Crippen molar-refractivity contribution in [1.29, 1.82) is 0 Å². The predicted octanol–water partition coefficient (Wildman–Crippen LogP) is 6.74. The Labute approximate surface area is 183 Å². The predicted molar refractivity (Wildman–Crippen MR) is 122 cm³/mol. The summed E-state index contributed by atoms with van der Waals surface area (Å²) in [7, 11) is 0. The summed E-state index contributed by atoms with van der Waals surface area (Å²) < 4.78 is 5.49. The van der Waals surface area contributed by atoms with Gasteiger partial charge in [0.2, 0.25) is 0 Å². The van der Waals surface area contributed by atoms with E-state index in [9.17, 15) is 4.79 Å². The van der Waals surface area contributed by atoms with Gasteiger partial charge >= 0.3 is 6.09 Å². The van der Waals surface area contributed by atoms with Crippen LogP contribution in [0.4, 0.5) is 4.79 Å². The summed E-state index contributed by atoms with van der Waals surface area (Å²) >= 11 is 3.62. The van der Waals surface area contributed by atoms with Crippen molar-refractivity contribution in [2.75, 3.05) is 0 Å². The maximum Gasteiger partial charge on any atom is 0.411 e. The summed E-state index contributed by atoms with van der Waals surface area (Å²) in [6, 6.07) is 5.12. The van der Waals surface area contributed by atoms with E-state index in [4.69, 9.17) is 4.74 Å². The van der Waals surface area contributed by atoms with E-state index in [-0.39, 0.29) is 12.1 Å². The fourth-order valence-electron chi connectivity index (χ4n) is 3.94. The molecule has 160 valence electrons. The van der Waals surface area contributed by atoms with Gasteiger partial charge in [-0.2, -0.15) is 0 Å². The molecule has 0 aliphatic carbocycles. The highest BCUT2D eigenvalue weighted by atomic mass is 32.1. The van der Waals surface area contributed by atoms with Crippen LogP contribution in [0.25, 0.3) is 0 Å². The van der Waals surface area contributed by atoms with Gasteiger partial charge in [-0.15, -0.1) is 22.7 Å². The molecular weight excluding hydrogens is 400 g/mol. The number of nitrogens with zero attached hydrogens (tertiary/aromatic N) is 1. The van der Waals surface area contributed by atoms with Crippen molar-refractivity contribution in [3.05, 3.63) is 43.8 Å². The zero-order valence-corrected chi connectivity index (χ0v) is 20.2. The summed E-state index contributed by atoms with van der Waals surface area (Å²) in [6.07, 6.45) is -0.204. The van der Waals surface area contributed by atoms with E-state index < -0.39 is 5.60 Å². The monoisotopic (exact) mass is 434 g/mol. The molecule has 0 radical (unpaired) electrons. The average Bonchev–Trinajstić information content (AvgIpc) is 3.32. The Balaban J connectivity index is 0.000000186. The van der Waals surface area contributed by atoms with Gasteiger partial charge < -0.3 is 10.1 Å². The number of carbonyl (C=O) groups is 1. The Morgan fingerprint density at radius 1 is 1.07 bits per heavy atom. The minimum atomic E-state index is -0.436. The van der Waals surface area contributed by atoms with Crippen LogP contribution >= 0.6 is 22.7 Å². The van der Waals surface area contributed by atoms with Gasteiger partial charge in [0.15, 0.2) is 0 Å². The summed E-state index contributed by atoms with van der Waals surface area (Å²) in [5.41, 5.74) is 2.34. The van der Waals surface area contributed by atoms with Gasteiger partial charge in [-0.05, 0) is 66.6 Å². The van der Waals surface area contributed by atoms with E-state index in [2.05, 4.69) is 55.9 Å². The van der Waals surface area contributed by atoms with E-state index in [1.165, 1.54) is 16.0 Å². The van der Waals surface area contributed by atoms with E-state index in [0.29, 0.717) is 18.5 Å². The largest absolute Gasteiger partial charge is 0.444 e. The third-order valence-corrected chi connectivity index (χ3v) is 7.30. The molecule has 2 aromatic rings. The smallest absolute Gasteiger partial charge is 0.411 e. The molecule has 1 amide bonds. The second-order valence-electron chi connectivity index (χ2n) is 9.52. The molecular formula is C23H34N2O2S2. The zero-order chi connectivity index (χ0) is 21.3. The normalized spacial score (nSPS) is 20.5. The first-order valence-electron chi connectivity index (χ1n) is 10.4. The number of amides is 1. The molecule has 2 aliphatic rings. The van der Waals surface area contributed by atoms with Crippen molar-refractivity contribution in [1.82, 2.24) is 10.2 Å². The molecule has 1 N–H and O–H groups in total. The maximum atomic E-state index is 12.3. The van der Waals surface area contributed by atoms with Crippen LogP contribution in [0.2, 0.25) is 0 Å². The number of hydrogen-bond donors (Lipinski definition) is 1. The minimum Gasteiger partial charge on any atom is -0.444 e. The highest BCUT2D eigenvalue weighted by Crippen LogP contribution is 2.42. The van der Waals surface area contributed by atoms with Crippen LogP contribution in [0, 0.1) is 11.8 Å². The van der Waals surface area contributed by atoms with Crippen LogP contribution < -0.4 is 5.32 Å². The molecule has 29 heavy (non-hydrogen) atoms. The molecule has 0 aromatic carbocycles. The Hall–Kier alpha value is -1.37. The molecule has 2 unspecified atom stereocenters. The summed E-state index contributed by atoms with van der Waals surface area (Å²) in [5, 5.41) is 7.81. The molecule has 4 nitrogen and oxygen atoms in total. The van der Waals surface area contributed by atoms with Crippen LogP contribution in [0.15, 0.2) is 22.9 Å². The third-order valence-electron chi connectivity index (χ3n) is 5.23. The van der Waals surface area contributed by atoms with Crippen molar-refractivity contribution in [3.63, 3.8) is 0 Å². The lowest BCUT2D eigenvalue weighted by atomic mass is 10.0. The molecule has 0 bridgehead atoms. The second-order valence-corrected chi connectivity index (χ2v) is 11.4. The van der Waals surface area contributed by atoms with Crippen molar-refractivity contribution in [2.24, 2.45) is 11.8 Å². The summed E-state index contributed by atoms with van der Waals surface area (Å²) in [5.74, 6) is 1.12. The van der Waals surface area contributed by atoms with Gasteiger partial charge in [0, 0.05) is 22.3 Å². The SMILES string of the molecule is CC(C)C1NCc2ccsc21.CC(C)C1c2sccc2CN1C(=O)OC(C)(C)C. The van der Waals surface area contributed by atoms with Gasteiger partial charge in [0.25, 0.3) is 0 Å². The number of carbonyl (C=O) groups excluding carboxylic acids is 1. The molecule has 4 rings (SSSR count). The molecule has 0 saturated heterocycles. The van der Waals surface area contributed by atoms with Gasteiger partial charge in [0.1, 0.15) is 5.60 Å². The first-order chi connectivity index (χ1) is 13.6. The van der Waals surface area contributed by atoms with Crippen LogP contribution in [0.5, 0.6) is 0 Å². The molecule has 2 aromatic heterocycles. The number of thiophene rings is 2. The molecule has 0 fully saturated rings. The first kappa shape index (κ1) is 22.3. The molecule has 0 saturated carbocycles. The number of nitrogens with one attached hydrogen (secondary N) is 1. The van der Waals surface area contributed by atoms with Crippen molar-refractivity contribution >= 4 is 28.8 Å². The lowest BCUT2D eigenvalue weighted by Crippen LogP contribution is -2.37. The van der Waals surface area contributed by atoms with Crippen molar-refractivity contribution in [3.8, 4) is 0 Å². The number of fused-ring (bicyclic) bond motifs is 2. The third kappa shape index (κ3) is 5.04. The maximum absolute atomic E-state index is 12.3. The van der Waals surface area contributed by atoms with Gasteiger partial charge in [0.05, 0.1) is 12.6 Å². The van der Waals surface area contributed by atoms with Crippen LogP contribution in [-0.2, 0) is 17.8 Å². The fourth-order valence-corrected chi connectivity index (χ4v) is 6.31. The van der Waals surface area contributed by atoms with Gasteiger partial charge in [-0.1, -0.05) is 27.7 Å². The fraction of sp³-hybridized carbons (Fsp3) is 0.609. The minimum absolute atomic E-state index is 0.162. The van der Waals surface area contributed by atoms with Crippen LogP contribution in [0.1, 0.15) is 81.4 Å². The molecule has 0 spiro atoms. The molecule has 2 atom stereocenters. The standard InChI is InChI=1S/C14H21NO2S.C9H13NS/c1-9(2)11-12-10(6-7-18-12)8-15(11)13(16)17-14(3,4)5;1-6(2)8-9-7(5-10-8)3-4-11-9/h6-7,9,11H,8H2,1-5H3;3-4,6,8,10H,5H2,1-2H3. The van der Waals surface area contributed by atoms with Crippen LogP contribution in [-0.4, -0.2) is 16.6 Å². The lowest BCUT2D eigenvalue weighted by Gasteiger charge is -2.30. The quantitative estimate of drug-likeness (QED) is 0.569. The van der Waals surface area contributed by atoms with E-state index in [0.717, 1.165) is 12.5 Å². The number of ether oxygens (including phenoxy) is 1. The lowest BCUT2D eigenvalue weighted by molar-refractivity contribution is 0.0129. The summed E-state index contributed by atoms with van der Waals surface area (Å²) in [4.78, 5) is 17.0. The number of rotatable bonds is 2. The van der Waals surface area contributed by atoms with Crippen LogP contribution in [0.3, 0.4) is 0 Å².